The third kappa shape index (κ3) is 9.33. The van der Waals surface area contributed by atoms with Crippen LogP contribution in [0.15, 0.2) is 0 Å². The second-order valence-electron chi connectivity index (χ2n) is 9.69. The number of carbonyl (C=O) groups excluding carboxylic acids is 1. The molecule has 0 saturated carbocycles. The van der Waals surface area contributed by atoms with E-state index in [0.29, 0.717) is 6.61 Å². The average Bonchev–Trinajstić information content (AvgIpc) is 2.88. The van der Waals surface area contributed by atoms with Gasteiger partial charge in [-0.1, -0.05) is 39.0 Å². The molecule has 2 fully saturated rings. The fourth-order valence-corrected chi connectivity index (χ4v) is 4.55. The summed E-state index contributed by atoms with van der Waals surface area (Å²) in [5.41, 5.74) is 5.49. The van der Waals surface area contributed by atoms with E-state index in [1.165, 1.54) is 13.3 Å². The Bertz CT molecular complexity index is 716. The summed E-state index contributed by atoms with van der Waals surface area (Å²) in [5.74, 6) is -0.744. The number of aliphatic hydroxyl groups excluding tert-OH is 5. The molecular weight excluding hydrogens is 506 g/mol. The molecule has 0 aromatic carbocycles. The molecule has 0 aromatic rings. The van der Waals surface area contributed by atoms with Gasteiger partial charge in [0.25, 0.3) is 0 Å². The zero-order valence-corrected chi connectivity index (χ0v) is 22.1. The fourth-order valence-electron chi connectivity index (χ4n) is 4.55. The van der Waals surface area contributed by atoms with E-state index in [1.54, 1.807) is 0 Å². The second-order valence-corrected chi connectivity index (χ2v) is 9.69. The van der Waals surface area contributed by atoms with Crippen LogP contribution in [-0.4, -0.2) is 125 Å². The van der Waals surface area contributed by atoms with E-state index < -0.39 is 80.5 Å². The number of ether oxygens (including phenoxy) is 5. The Morgan fingerprint density at radius 1 is 0.895 bits per heavy atom. The van der Waals surface area contributed by atoms with Crippen LogP contribution in [0.1, 0.15) is 52.4 Å². The molecule has 14 nitrogen and oxygen atoms in total. The summed E-state index contributed by atoms with van der Waals surface area (Å²) in [6.07, 6.45) is -6.05. The highest BCUT2D eigenvalue weighted by molar-refractivity contribution is 5.78. The third-order valence-corrected chi connectivity index (χ3v) is 6.55. The molecule has 2 saturated heterocycles. The van der Waals surface area contributed by atoms with E-state index in [4.69, 9.17) is 34.8 Å². The summed E-state index contributed by atoms with van der Waals surface area (Å²) in [7, 11) is 0. The van der Waals surface area contributed by atoms with Crippen molar-refractivity contribution in [3.63, 3.8) is 0 Å². The number of carbonyl (C=O) groups is 1. The molecule has 0 bridgehead atoms. The van der Waals surface area contributed by atoms with Gasteiger partial charge >= 0.3 is 0 Å². The van der Waals surface area contributed by atoms with Gasteiger partial charge in [0.15, 0.2) is 12.6 Å². The lowest BCUT2D eigenvalue weighted by molar-refractivity contribution is -0.350. The molecule has 2 aliphatic rings. The molecule has 0 unspecified atom stereocenters. The van der Waals surface area contributed by atoms with Gasteiger partial charge < -0.3 is 60.3 Å². The molecule has 2 heterocycles. The first-order valence-electron chi connectivity index (χ1n) is 13.2. The largest absolute Gasteiger partial charge is 0.394 e. The Hall–Kier alpha value is -1.46. The predicted molar refractivity (Wildman–Crippen MR) is 133 cm³/mol. The minimum absolute atomic E-state index is 0.310. The topological polar surface area (TPSA) is 226 Å². The van der Waals surface area contributed by atoms with Gasteiger partial charge in [0, 0.05) is 13.5 Å². The first-order valence-corrected chi connectivity index (χ1v) is 13.2. The van der Waals surface area contributed by atoms with Gasteiger partial charge in [-0.3, -0.25) is 10.2 Å². The first kappa shape index (κ1) is 32.8. The van der Waals surface area contributed by atoms with E-state index in [1.807, 2.05) is 0 Å². The minimum Gasteiger partial charge on any atom is -0.394 e. The summed E-state index contributed by atoms with van der Waals surface area (Å²) < 4.78 is 29.1. The van der Waals surface area contributed by atoms with Crippen molar-refractivity contribution < 1.29 is 54.0 Å². The molecule has 38 heavy (non-hydrogen) atoms. The number of nitrogens with two attached hydrogens (primary N) is 1. The number of aliphatic hydroxyl groups is 5. The molecule has 0 radical (unpaired) electrons. The Balaban J connectivity index is 2.23. The van der Waals surface area contributed by atoms with Crippen molar-refractivity contribution in [2.24, 2.45) is 5.73 Å². The Morgan fingerprint density at radius 2 is 1.53 bits per heavy atom. The Morgan fingerprint density at radius 3 is 2.13 bits per heavy atom. The van der Waals surface area contributed by atoms with Gasteiger partial charge in [0.05, 0.1) is 13.2 Å². The highest BCUT2D eigenvalue weighted by Crippen LogP contribution is 2.31. The molecule has 0 spiro atoms. The molecule has 222 valence electrons. The quantitative estimate of drug-likeness (QED) is 0.0597. The molecule has 0 aliphatic carbocycles. The van der Waals surface area contributed by atoms with Crippen molar-refractivity contribution in [2.45, 2.75) is 114 Å². The number of hydrogen-bond donors (Lipinski definition) is 8. The molecule has 1 amide bonds. The maximum Gasteiger partial charge on any atom is 0.217 e. The van der Waals surface area contributed by atoms with Crippen LogP contribution in [-0.2, 0) is 28.5 Å². The smallest absolute Gasteiger partial charge is 0.217 e. The van der Waals surface area contributed by atoms with Crippen LogP contribution in [0.2, 0.25) is 0 Å². The van der Waals surface area contributed by atoms with Gasteiger partial charge in [-0.15, -0.1) is 0 Å². The number of rotatable bonds is 16. The average molecular weight is 552 g/mol. The summed E-state index contributed by atoms with van der Waals surface area (Å²) in [5, 5.41) is 60.6. The molecule has 2 aliphatic heterocycles. The van der Waals surface area contributed by atoms with E-state index in [0.717, 1.165) is 32.1 Å². The van der Waals surface area contributed by atoms with Crippen molar-refractivity contribution in [1.82, 2.24) is 5.32 Å². The van der Waals surface area contributed by atoms with E-state index in [2.05, 4.69) is 12.2 Å². The summed E-state index contributed by atoms with van der Waals surface area (Å²) in [6, 6.07) is -0.968. The standard InChI is InChI=1S/C24H45N3O11/c1-3-4-5-6-7-8-9-34-23-17(27-13(2)30)22(35-12-16(25)26)21(15(11-29)37-23)38-24-20(33)19(32)18(31)14(10-28)36-24/h14-15,17-24,28-29,31-33H,3-12H2,1-2H3,(H3,25,26)(H,27,30)/t14-,15-,17-,18+,19+,20-,21-,22-,23-,24+/m1/s1. The Labute approximate surface area is 222 Å². The number of nitrogens with one attached hydrogen (secondary N) is 2. The van der Waals surface area contributed by atoms with Crippen LogP contribution in [0.4, 0.5) is 0 Å². The lowest BCUT2D eigenvalue weighted by Gasteiger charge is -2.48. The molecule has 10 atom stereocenters. The molecular formula is C24H45N3O11. The summed E-state index contributed by atoms with van der Waals surface area (Å²) >= 11 is 0. The van der Waals surface area contributed by atoms with Crippen LogP contribution in [0.3, 0.4) is 0 Å². The van der Waals surface area contributed by atoms with Crippen molar-refractivity contribution in [3.05, 3.63) is 0 Å². The normalized spacial score (nSPS) is 35.7. The molecule has 0 aromatic heterocycles. The lowest BCUT2D eigenvalue weighted by Crippen LogP contribution is -2.68. The highest BCUT2D eigenvalue weighted by atomic mass is 16.7. The Kier molecular flexibility index (Phi) is 14.3. The highest BCUT2D eigenvalue weighted by Gasteiger charge is 2.52. The second kappa shape index (κ2) is 16.6. The van der Waals surface area contributed by atoms with Crippen LogP contribution >= 0.6 is 0 Å². The number of amidine groups is 1. The third-order valence-electron chi connectivity index (χ3n) is 6.55. The zero-order valence-electron chi connectivity index (χ0n) is 22.1. The lowest BCUT2D eigenvalue weighted by atomic mass is 9.95. The van der Waals surface area contributed by atoms with Gasteiger partial charge in [-0.05, 0) is 6.42 Å². The minimum atomic E-state index is -1.72. The van der Waals surface area contributed by atoms with Crippen molar-refractivity contribution >= 4 is 11.7 Å². The zero-order chi connectivity index (χ0) is 28.2. The monoisotopic (exact) mass is 551 g/mol. The molecule has 14 heteroatoms. The van der Waals surface area contributed by atoms with Crippen LogP contribution in [0, 0.1) is 5.41 Å². The maximum absolute atomic E-state index is 12.1. The van der Waals surface area contributed by atoms with Crippen LogP contribution < -0.4 is 11.1 Å². The van der Waals surface area contributed by atoms with Gasteiger partial charge in [-0.2, -0.15) is 0 Å². The number of hydrogen-bond acceptors (Lipinski definition) is 12. The van der Waals surface area contributed by atoms with E-state index >= 15 is 0 Å². The van der Waals surface area contributed by atoms with Crippen molar-refractivity contribution in [1.29, 1.82) is 5.41 Å². The number of unbranched alkanes of at least 4 members (excludes halogenated alkanes) is 5. The fraction of sp³-hybridized carbons (Fsp3) is 0.917. The van der Waals surface area contributed by atoms with E-state index in [-0.39, 0.29) is 12.4 Å². The first-order chi connectivity index (χ1) is 18.1. The van der Waals surface area contributed by atoms with Crippen LogP contribution in [0.5, 0.6) is 0 Å². The predicted octanol–water partition coefficient (Wildman–Crippen LogP) is -1.91. The summed E-state index contributed by atoms with van der Waals surface area (Å²) in [6.45, 7) is 2.16. The van der Waals surface area contributed by atoms with E-state index in [9.17, 15) is 30.3 Å². The van der Waals surface area contributed by atoms with Crippen molar-refractivity contribution in [3.8, 4) is 0 Å². The van der Waals surface area contributed by atoms with Gasteiger partial charge in [0.2, 0.25) is 5.91 Å². The maximum atomic E-state index is 12.1. The molecule has 2 rings (SSSR count). The van der Waals surface area contributed by atoms with Crippen LogP contribution in [0.25, 0.3) is 0 Å². The number of amides is 1. The summed E-state index contributed by atoms with van der Waals surface area (Å²) in [4.78, 5) is 12.1. The van der Waals surface area contributed by atoms with Crippen molar-refractivity contribution in [2.75, 3.05) is 26.4 Å². The molecule has 9 N–H and O–H groups in total. The van der Waals surface area contributed by atoms with Gasteiger partial charge in [0.1, 0.15) is 61.2 Å². The SMILES string of the molecule is CCCCCCCCO[C@@H]1O[C@H](CO)[C@@H](O[C@@H]2O[C@H](CO)[C@H](O)[C@H](O)[C@H]2O)[C@H](OCC(=N)N)[C@H]1NC(C)=O. The van der Waals surface area contributed by atoms with Gasteiger partial charge in [-0.25, -0.2) is 0 Å².